The summed E-state index contributed by atoms with van der Waals surface area (Å²) in [6.07, 6.45) is -0.731. The van der Waals surface area contributed by atoms with Gasteiger partial charge in [-0.1, -0.05) is 0 Å². The van der Waals surface area contributed by atoms with Gasteiger partial charge in [0, 0.05) is 12.1 Å². The minimum atomic E-state index is -0.830. The Bertz CT molecular complexity index is 463. The molecule has 3 atom stereocenters. The van der Waals surface area contributed by atoms with E-state index in [-0.39, 0.29) is 18.4 Å². The fourth-order valence-electron chi connectivity index (χ4n) is 3.54. The number of carbonyl (C=O) groups excluding carboxylic acids is 1. The molecular formula is C16H30N2O5. The van der Waals surface area contributed by atoms with Gasteiger partial charge in [-0.2, -0.15) is 5.06 Å². The van der Waals surface area contributed by atoms with E-state index in [2.05, 4.69) is 5.32 Å². The number of hydrogen-bond donors (Lipinski definition) is 3. The van der Waals surface area contributed by atoms with Gasteiger partial charge in [0.2, 0.25) is 5.91 Å². The maximum atomic E-state index is 12.5. The van der Waals surface area contributed by atoms with Crippen LogP contribution in [-0.4, -0.2) is 63.5 Å². The summed E-state index contributed by atoms with van der Waals surface area (Å²) in [7, 11) is 0. The van der Waals surface area contributed by atoms with Gasteiger partial charge in [0.1, 0.15) is 6.10 Å². The standard InChI is InChI=1S/C16H30N2O5/c1-14(2)7-10(15(3,4)18(14)21)13(20)17-8-11(19)12-9-22-16(5,6)23-12/h10-12,19,21H,7-9H2,1-6H3,(H,17,20). The Kier molecular flexibility index (Phi) is 4.83. The number of aliphatic hydroxyl groups excluding tert-OH is 1. The molecule has 0 bridgehead atoms. The van der Waals surface area contributed by atoms with Crippen molar-refractivity contribution in [1.29, 1.82) is 0 Å². The van der Waals surface area contributed by atoms with Gasteiger partial charge in [0.05, 0.1) is 24.2 Å². The lowest BCUT2D eigenvalue weighted by atomic mass is 9.86. The molecule has 3 unspecified atom stereocenters. The monoisotopic (exact) mass is 330 g/mol. The lowest BCUT2D eigenvalue weighted by Gasteiger charge is -2.35. The highest BCUT2D eigenvalue weighted by Crippen LogP contribution is 2.43. The van der Waals surface area contributed by atoms with E-state index >= 15 is 0 Å². The number of amides is 1. The lowest BCUT2D eigenvalue weighted by molar-refractivity contribution is -0.197. The van der Waals surface area contributed by atoms with Gasteiger partial charge in [-0.25, -0.2) is 0 Å². The van der Waals surface area contributed by atoms with Gasteiger partial charge in [-0.15, -0.1) is 0 Å². The highest BCUT2D eigenvalue weighted by molar-refractivity contribution is 5.80. The number of hydrogen-bond acceptors (Lipinski definition) is 6. The van der Waals surface area contributed by atoms with Crippen LogP contribution in [0.25, 0.3) is 0 Å². The van der Waals surface area contributed by atoms with E-state index in [9.17, 15) is 15.1 Å². The summed E-state index contributed by atoms with van der Waals surface area (Å²) in [5.41, 5.74) is -1.12. The number of rotatable bonds is 4. The Hall–Kier alpha value is -0.730. The minimum Gasteiger partial charge on any atom is -0.388 e. The molecule has 2 fully saturated rings. The van der Waals surface area contributed by atoms with Crippen molar-refractivity contribution in [3.05, 3.63) is 0 Å². The summed E-state index contributed by atoms with van der Waals surface area (Å²) in [6.45, 7) is 11.5. The fourth-order valence-corrected chi connectivity index (χ4v) is 3.54. The zero-order valence-corrected chi connectivity index (χ0v) is 14.9. The Labute approximate surface area is 137 Å². The summed E-state index contributed by atoms with van der Waals surface area (Å²) < 4.78 is 11.0. The van der Waals surface area contributed by atoms with E-state index in [4.69, 9.17) is 9.47 Å². The molecule has 2 heterocycles. The topological polar surface area (TPSA) is 91.3 Å². The molecule has 3 N–H and O–H groups in total. The van der Waals surface area contributed by atoms with Crippen molar-refractivity contribution in [3.63, 3.8) is 0 Å². The molecular weight excluding hydrogens is 300 g/mol. The largest absolute Gasteiger partial charge is 0.388 e. The van der Waals surface area contributed by atoms with Crippen LogP contribution in [0.1, 0.15) is 48.0 Å². The van der Waals surface area contributed by atoms with Crippen molar-refractivity contribution < 1.29 is 24.6 Å². The van der Waals surface area contributed by atoms with Gasteiger partial charge < -0.3 is 25.1 Å². The molecule has 7 heteroatoms. The maximum Gasteiger partial charge on any atom is 0.225 e. The Morgan fingerprint density at radius 2 is 1.91 bits per heavy atom. The van der Waals surface area contributed by atoms with Crippen LogP contribution in [0, 0.1) is 5.92 Å². The lowest BCUT2D eigenvalue weighted by Crippen LogP contribution is -2.51. The number of ether oxygens (including phenoxy) is 2. The van der Waals surface area contributed by atoms with Gasteiger partial charge >= 0.3 is 0 Å². The Morgan fingerprint density at radius 3 is 2.35 bits per heavy atom. The van der Waals surface area contributed by atoms with E-state index in [0.717, 1.165) is 0 Å². The van der Waals surface area contributed by atoms with E-state index in [1.807, 2.05) is 27.7 Å². The van der Waals surface area contributed by atoms with Crippen LogP contribution in [0.2, 0.25) is 0 Å². The zero-order chi connectivity index (χ0) is 17.6. The maximum absolute atomic E-state index is 12.5. The van der Waals surface area contributed by atoms with Crippen LogP contribution >= 0.6 is 0 Å². The molecule has 0 spiro atoms. The predicted molar refractivity (Wildman–Crippen MR) is 83.8 cm³/mol. The molecule has 2 aliphatic rings. The molecule has 7 nitrogen and oxygen atoms in total. The SMILES string of the molecule is CC1(C)OCC(C(O)CNC(=O)C2CC(C)(C)N(O)C2(C)C)O1. The van der Waals surface area contributed by atoms with Crippen LogP contribution in [0.15, 0.2) is 0 Å². The minimum absolute atomic E-state index is 0.0986. The molecule has 0 radical (unpaired) electrons. The van der Waals surface area contributed by atoms with Crippen LogP contribution in [0.5, 0.6) is 0 Å². The summed E-state index contributed by atoms with van der Waals surface area (Å²) in [5.74, 6) is -1.23. The third-order valence-corrected chi connectivity index (χ3v) is 4.94. The molecule has 0 aliphatic carbocycles. The second-order valence-electron chi connectivity index (χ2n) is 8.21. The molecule has 0 aromatic rings. The van der Waals surface area contributed by atoms with Crippen molar-refractivity contribution in [1.82, 2.24) is 10.4 Å². The first kappa shape index (κ1) is 18.6. The van der Waals surface area contributed by atoms with E-state index < -0.39 is 29.1 Å². The number of carbonyl (C=O) groups is 1. The van der Waals surface area contributed by atoms with E-state index in [1.54, 1.807) is 13.8 Å². The van der Waals surface area contributed by atoms with Crippen LogP contribution < -0.4 is 5.32 Å². The summed E-state index contributed by atoms with van der Waals surface area (Å²) in [6, 6.07) is 0. The van der Waals surface area contributed by atoms with Crippen molar-refractivity contribution >= 4 is 5.91 Å². The zero-order valence-electron chi connectivity index (χ0n) is 14.9. The van der Waals surface area contributed by atoms with Crippen molar-refractivity contribution in [2.75, 3.05) is 13.2 Å². The molecule has 2 aliphatic heterocycles. The predicted octanol–water partition coefficient (Wildman–Crippen LogP) is 0.883. The molecule has 1 amide bonds. The number of nitrogens with zero attached hydrogens (tertiary/aromatic N) is 1. The summed E-state index contributed by atoms with van der Waals surface area (Å²) in [4.78, 5) is 12.5. The fraction of sp³-hybridized carbons (Fsp3) is 0.938. The van der Waals surface area contributed by atoms with Gasteiger partial charge in [-0.05, 0) is 48.0 Å². The Balaban J connectivity index is 1.90. The second kappa shape index (κ2) is 5.97. The second-order valence-corrected chi connectivity index (χ2v) is 8.21. The molecule has 2 saturated heterocycles. The van der Waals surface area contributed by atoms with Gasteiger partial charge in [0.25, 0.3) is 0 Å². The first-order valence-electron chi connectivity index (χ1n) is 8.13. The van der Waals surface area contributed by atoms with Crippen LogP contribution in [-0.2, 0) is 14.3 Å². The van der Waals surface area contributed by atoms with Crippen LogP contribution in [0.3, 0.4) is 0 Å². The average Bonchev–Trinajstić information content (AvgIpc) is 2.87. The number of hydroxylamine groups is 2. The molecule has 23 heavy (non-hydrogen) atoms. The molecule has 0 aromatic carbocycles. The summed E-state index contributed by atoms with van der Waals surface area (Å²) >= 11 is 0. The van der Waals surface area contributed by atoms with E-state index in [0.29, 0.717) is 13.0 Å². The normalized spacial score (nSPS) is 33.6. The highest BCUT2D eigenvalue weighted by Gasteiger charge is 2.54. The molecule has 2 rings (SSSR count). The third kappa shape index (κ3) is 3.69. The highest BCUT2D eigenvalue weighted by atomic mass is 16.7. The molecule has 134 valence electrons. The number of nitrogens with one attached hydrogen (secondary N) is 1. The van der Waals surface area contributed by atoms with Crippen LogP contribution in [0.4, 0.5) is 0 Å². The smallest absolute Gasteiger partial charge is 0.225 e. The summed E-state index contributed by atoms with van der Waals surface area (Å²) in [5, 5.41) is 24.5. The first-order valence-corrected chi connectivity index (χ1v) is 8.13. The van der Waals surface area contributed by atoms with E-state index in [1.165, 1.54) is 5.06 Å². The van der Waals surface area contributed by atoms with Crippen molar-refractivity contribution in [2.45, 2.75) is 77.0 Å². The molecule has 0 saturated carbocycles. The average molecular weight is 330 g/mol. The third-order valence-electron chi connectivity index (χ3n) is 4.94. The van der Waals surface area contributed by atoms with Gasteiger partial charge in [-0.3, -0.25) is 4.79 Å². The quantitative estimate of drug-likeness (QED) is 0.709. The number of aliphatic hydroxyl groups is 1. The molecule has 0 aromatic heterocycles. The Morgan fingerprint density at radius 1 is 1.30 bits per heavy atom. The van der Waals surface area contributed by atoms with Crippen molar-refractivity contribution in [3.8, 4) is 0 Å². The first-order chi connectivity index (χ1) is 10.4. The van der Waals surface area contributed by atoms with Crippen molar-refractivity contribution in [2.24, 2.45) is 5.92 Å². The van der Waals surface area contributed by atoms with Gasteiger partial charge in [0.15, 0.2) is 5.79 Å².